The van der Waals surface area contributed by atoms with Crippen molar-refractivity contribution in [1.82, 2.24) is 9.38 Å². The van der Waals surface area contributed by atoms with Gasteiger partial charge >= 0.3 is 0 Å². The molecule has 130 valence electrons. The van der Waals surface area contributed by atoms with E-state index in [-0.39, 0.29) is 12.4 Å². The largest absolute Gasteiger partial charge is 0.495 e. The zero-order valence-corrected chi connectivity index (χ0v) is 14.9. The number of imidazole rings is 1. The average molecular weight is 359 g/mol. The van der Waals surface area contributed by atoms with E-state index in [2.05, 4.69) is 4.98 Å². The molecule has 0 amide bonds. The molecule has 2 aromatic heterocycles. The van der Waals surface area contributed by atoms with Crippen LogP contribution < -0.4 is 4.74 Å². The number of pyridine rings is 1. The van der Waals surface area contributed by atoms with Gasteiger partial charge in [0, 0.05) is 30.8 Å². The predicted molar refractivity (Wildman–Crippen MR) is 97.1 cm³/mol. The van der Waals surface area contributed by atoms with Gasteiger partial charge in [0.05, 0.1) is 24.4 Å². The third kappa shape index (κ3) is 3.52. The Morgan fingerprint density at radius 1 is 1.36 bits per heavy atom. The van der Waals surface area contributed by atoms with Crippen molar-refractivity contribution >= 4 is 23.0 Å². The zero-order chi connectivity index (χ0) is 18.0. The van der Waals surface area contributed by atoms with E-state index in [4.69, 9.17) is 16.3 Å². The minimum atomic E-state index is -0.146. The highest BCUT2D eigenvalue weighted by Gasteiger charge is 2.14. The maximum absolute atomic E-state index is 11.6. The molecular formula is C19H19ClN2O3. The highest BCUT2D eigenvalue weighted by atomic mass is 35.5. The SMILES string of the molecule is CCC(=O)Cc1ccn2cc(-c3cc(Cl)c(OC)cc3CO)nc2c1. The summed E-state index contributed by atoms with van der Waals surface area (Å²) in [4.78, 5) is 16.3. The molecule has 1 N–H and O–H groups in total. The molecule has 0 fully saturated rings. The minimum Gasteiger partial charge on any atom is -0.495 e. The van der Waals surface area contributed by atoms with E-state index < -0.39 is 0 Å². The van der Waals surface area contributed by atoms with E-state index in [1.54, 1.807) is 12.1 Å². The van der Waals surface area contributed by atoms with E-state index in [0.29, 0.717) is 34.9 Å². The maximum atomic E-state index is 11.6. The molecule has 1 aromatic carbocycles. The van der Waals surface area contributed by atoms with Crippen molar-refractivity contribution in [3.05, 3.63) is 52.8 Å². The Hall–Kier alpha value is -2.37. The van der Waals surface area contributed by atoms with E-state index >= 15 is 0 Å². The van der Waals surface area contributed by atoms with E-state index in [1.165, 1.54) is 7.11 Å². The van der Waals surface area contributed by atoms with Gasteiger partial charge in [-0.15, -0.1) is 0 Å². The summed E-state index contributed by atoms with van der Waals surface area (Å²) >= 11 is 6.23. The van der Waals surface area contributed by atoms with Crippen LogP contribution in [-0.4, -0.2) is 27.4 Å². The number of carbonyl (C=O) groups excluding carboxylic acids is 1. The minimum absolute atomic E-state index is 0.146. The highest BCUT2D eigenvalue weighted by Crippen LogP contribution is 2.33. The molecule has 0 spiro atoms. The van der Waals surface area contributed by atoms with Crippen LogP contribution in [0.4, 0.5) is 0 Å². The Morgan fingerprint density at radius 2 is 2.16 bits per heavy atom. The summed E-state index contributed by atoms with van der Waals surface area (Å²) in [5.74, 6) is 0.708. The van der Waals surface area contributed by atoms with Gasteiger partial charge < -0.3 is 14.2 Å². The summed E-state index contributed by atoms with van der Waals surface area (Å²) in [6.07, 6.45) is 4.69. The highest BCUT2D eigenvalue weighted by molar-refractivity contribution is 6.32. The molecule has 5 nitrogen and oxygen atoms in total. The Balaban J connectivity index is 2.04. The number of aliphatic hydroxyl groups is 1. The number of methoxy groups -OCH3 is 1. The van der Waals surface area contributed by atoms with Crippen LogP contribution in [0.3, 0.4) is 0 Å². The summed E-state index contributed by atoms with van der Waals surface area (Å²) in [5, 5.41) is 10.1. The van der Waals surface area contributed by atoms with Gasteiger partial charge in [-0.1, -0.05) is 18.5 Å². The number of ketones is 1. The van der Waals surface area contributed by atoms with Gasteiger partial charge in [0.1, 0.15) is 17.2 Å². The van der Waals surface area contributed by atoms with Crippen molar-refractivity contribution < 1.29 is 14.6 Å². The molecule has 0 bridgehead atoms. The van der Waals surface area contributed by atoms with Crippen LogP contribution in [-0.2, 0) is 17.8 Å². The second-order valence-corrected chi connectivity index (χ2v) is 6.20. The number of nitrogens with zero attached hydrogens (tertiary/aromatic N) is 2. The van der Waals surface area contributed by atoms with E-state index in [9.17, 15) is 9.90 Å². The van der Waals surface area contributed by atoms with Gasteiger partial charge in [-0.05, 0) is 35.4 Å². The lowest BCUT2D eigenvalue weighted by Gasteiger charge is -2.09. The van der Waals surface area contributed by atoms with Crippen LogP contribution in [0.5, 0.6) is 5.75 Å². The first kappa shape index (κ1) is 17.5. The van der Waals surface area contributed by atoms with Gasteiger partial charge in [-0.25, -0.2) is 4.98 Å². The summed E-state index contributed by atoms with van der Waals surface area (Å²) < 4.78 is 7.08. The molecule has 25 heavy (non-hydrogen) atoms. The lowest BCUT2D eigenvalue weighted by atomic mass is 10.1. The zero-order valence-electron chi connectivity index (χ0n) is 14.1. The smallest absolute Gasteiger partial charge is 0.137 e. The number of hydrogen-bond acceptors (Lipinski definition) is 4. The fourth-order valence-electron chi connectivity index (χ4n) is 2.74. The van der Waals surface area contributed by atoms with Gasteiger partial charge in [-0.2, -0.15) is 0 Å². The maximum Gasteiger partial charge on any atom is 0.137 e. The summed E-state index contributed by atoms with van der Waals surface area (Å²) in [5.41, 5.74) is 3.82. The number of halogens is 1. The van der Waals surface area contributed by atoms with Crippen molar-refractivity contribution in [2.75, 3.05) is 7.11 Å². The van der Waals surface area contributed by atoms with Crippen molar-refractivity contribution in [2.45, 2.75) is 26.4 Å². The van der Waals surface area contributed by atoms with E-state index in [0.717, 1.165) is 16.8 Å². The van der Waals surface area contributed by atoms with Gasteiger partial charge in [0.2, 0.25) is 0 Å². The summed E-state index contributed by atoms with van der Waals surface area (Å²) in [6, 6.07) is 7.28. The van der Waals surface area contributed by atoms with Crippen molar-refractivity contribution in [3.8, 4) is 17.0 Å². The lowest BCUT2D eigenvalue weighted by molar-refractivity contribution is -0.118. The Kier molecular flexibility index (Phi) is 5.06. The molecule has 0 atom stereocenters. The quantitative estimate of drug-likeness (QED) is 0.730. The van der Waals surface area contributed by atoms with Crippen LogP contribution in [0.25, 0.3) is 16.9 Å². The molecule has 2 heterocycles. The molecule has 0 saturated carbocycles. The number of fused-ring (bicyclic) bond motifs is 1. The van der Waals surface area contributed by atoms with Gasteiger partial charge in [-0.3, -0.25) is 4.79 Å². The fourth-order valence-corrected chi connectivity index (χ4v) is 2.98. The first-order chi connectivity index (χ1) is 12.0. The van der Waals surface area contributed by atoms with Crippen molar-refractivity contribution in [1.29, 1.82) is 0 Å². The molecule has 0 radical (unpaired) electrons. The molecule has 3 aromatic rings. The number of hydrogen-bond donors (Lipinski definition) is 1. The number of aromatic nitrogens is 2. The number of rotatable bonds is 6. The summed E-state index contributed by atoms with van der Waals surface area (Å²) in [6.45, 7) is 1.71. The van der Waals surface area contributed by atoms with Crippen LogP contribution in [0, 0.1) is 0 Å². The monoisotopic (exact) mass is 358 g/mol. The molecule has 0 saturated heterocycles. The first-order valence-corrected chi connectivity index (χ1v) is 8.40. The van der Waals surface area contributed by atoms with Crippen molar-refractivity contribution in [3.63, 3.8) is 0 Å². The standard InChI is InChI=1S/C19H19ClN2O3/c1-3-14(24)6-12-4-5-22-10-17(21-19(22)7-12)15-9-16(20)18(25-2)8-13(15)11-23/h4-5,7-10,23H,3,6,11H2,1-2H3. The fraction of sp³-hybridized carbons (Fsp3) is 0.263. The van der Waals surface area contributed by atoms with Gasteiger partial charge in [0.15, 0.2) is 0 Å². The van der Waals surface area contributed by atoms with Gasteiger partial charge in [0.25, 0.3) is 0 Å². The molecule has 0 aliphatic carbocycles. The van der Waals surface area contributed by atoms with Crippen LogP contribution in [0.2, 0.25) is 5.02 Å². The molecule has 3 rings (SSSR count). The average Bonchev–Trinajstić information content (AvgIpc) is 3.04. The number of Topliss-reactive ketones (excluding diaryl/α,β-unsaturated/α-hetero) is 1. The van der Waals surface area contributed by atoms with E-state index in [1.807, 2.05) is 35.9 Å². The van der Waals surface area contributed by atoms with Crippen LogP contribution >= 0.6 is 11.6 Å². The normalized spacial score (nSPS) is 11.0. The van der Waals surface area contributed by atoms with Crippen LogP contribution in [0.15, 0.2) is 36.7 Å². The molecule has 0 unspecified atom stereocenters. The lowest BCUT2D eigenvalue weighted by Crippen LogP contribution is -2.00. The van der Waals surface area contributed by atoms with Crippen molar-refractivity contribution in [2.24, 2.45) is 0 Å². The number of aliphatic hydroxyl groups excluding tert-OH is 1. The third-order valence-corrected chi connectivity index (χ3v) is 4.44. The molecule has 0 aliphatic heterocycles. The Labute approximate surface area is 150 Å². The number of benzene rings is 1. The second kappa shape index (κ2) is 7.25. The second-order valence-electron chi connectivity index (χ2n) is 5.80. The first-order valence-electron chi connectivity index (χ1n) is 8.02. The van der Waals surface area contributed by atoms with Crippen LogP contribution in [0.1, 0.15) is 24.5 Å². The number of ether oxygens (including phenoxy) is 1. The Bertz CT molecular complexity index is 934. The predicted octanol–water partition coefficient (Wildman–Crippen LogP) is 3.68. The Morgan fingerprint density at radius 3 is 2.84 bits per heavy atom. The number of carbonyl (C=O) groups is 1. The molecule has 0 aliphatic rings. The summed E-state index contributed by atoms with van der Waals surface area (Å²) in [7, 11) is 1.53. The third-order valence-electron chi connectivity index (χ3n) is 4.14. The molecule has 6 heteroatoms. The topological polar surface area (TPSA) is 63.8 Å². The molecular weight excluding hydrogens is 340 g/mol.